The van der Waals surface area contributed by atoms with Gasteiger partial charge in [-0.3, -0.25) is 14.5 Å². The van der Waals surface area contributed by atoms with Crippen LogP contribution >= 0.6 is 0 Å². The first-order valence-electron chi connectivity index (χ1n) is 12.1. The number of nitrogens with zero attached hydrogens (tertiary/aromatic N) is 4. The second kappa shape index (κ2) is 9.12. The highest BCUT2D eigenvalue weighted by Gasteiger charge is 2.40. The lowest BCUT2D eigenvalue weighted by molar-refractivity contribution is 0.0608. The summed E-state index contributed by atoms with van der Waals surface area (Å²) in [6.45, 7) is 3.73. The zero-order valence-electron chi connectivity index (χ0n) is 19.4. The third-order valence-corrected chi connectivity index (χ3v) is 7.20. The zero-order valence-corrected chi connectivity index (χ0v) is 19.4. The van der Waals surface area contributed by atoms with Gasteiger partial charge in [0.2, 0.25) is 5.75 Å². The molecule has 1 unspecified atom stereocenters. The van der Waals surface area contributed by atoms with Crippen LogP contribution in [-0.4, -0.2) is 62.2 Å². The van der Waals surface area contributed by atoms with Gasteiger partial charge in [0.25, 0.3) is 5.91 Å². The molecule has 0 saturated carbocycles. The Morgan fingerprint density at radius 1 is 1.15 bits per heavy atom. The number of carbonyl (C=O) groups excluding carboxylic acids is 2. The molecule has 1 atom stereocenters. The van der Waals surface area contributed by atoms with E-state index in [0.29, 0.717) is 38.5 Å². The minimum Gasteiger partial charge on any atom is -0.501 e. The smallest absolute Gasteiger partial charge is 0.410 e. The topological polar surface area (TPSA) is 105 Å². The number of aromatic hydroxyl groups is 1. The van der Waals surface area contributed by atoms with Gasteiger partial charge in [-0.1, -0.05) is 37.6 Å². The van der Waals surface area contributed by atoms with Crippen molar-refractivity contribution in [3.8, 4) is 5.75 Å². The third kappa shape index (κ3) is 3.82. The summed E-state index contributed by atoms with van der Waals surface area (Å²) in [4.78, 5) is 46.4. The van der Waals surface area contributed by atoms with Crippen LogP contribution in [0.15, 0.2) is 29.1 Å². The van der Waals surface area contributed by atoms with Gasteiger partial charge in [-0.05, 0) is 43.2 Å². The van der Waals surface area contributed by atoms with Crippen molar-refractivity contribution in [2.24, 2.45) is 0 Å². The Morgan fingerprint density at radius 3 is 2.59 bits per heavy atom. The Kier molecular flexibility index (Phi) is 6.02. The van der Waals surface area contributed by atoms with E-state index in [2.05, 4.69) is 17.1 Å². The molecule has 2 aromatic rings. The van der Waals surface area contributed by atoms with Gasteiger partial charge in [-0.25, -0.2) is 4.79 Å². The summed E-state index contributed by atoms with van der Waals surface area (Å²) in [6, 6.07) is 7.68. The van der Waals surface area contributed by atoms with Gasteiger partial charge in [0.05, 0.1) is 12.6 Å². The van der Waals surface area contributed by atoms with Crippen LogP contribution in [-0.2, 0) is 24.1 Å². The second-order valence-corrected chi connectivity index (χ2v) is 9.27. The predicted octanol–water partition coefficient (Wildman–Crippen LogP) is 2.65. The normalized spacial score (nSPS) is 19.9. The van der Waals surface area contributed by atoms with Crippen molar-refractivity contribution in [3.05, 3.63) is 57.3 Å². The number of fused-ring (bicyclic) bond motifs is 2. The van der Waals surface area contributed by atoms with Crippen LogP contribution in [0.2, 0.25) is 0 Å². The first kappa shape index (κ1) is 22.4. The first-order valence-corrected chi connectivity index (χ1v) is 12.1. The maximum Gasteiger partial charge on any atom is 0.410 e. The number of amides is 2. The Balaban J connectivity index is 1.44. The molecule has 0 bridgehead atoms. The average molecular weight is 467 g/mol. The van der Waals surface area contributed by atoms with Gasteiger partial charge in [-0.15, -0.1) is 0 Å². The predicted molar refractivity (Wildman–Crippen MR) is 124 cm³/mol. The molecule has 34 heavy (non-hydrogen) atoms. The summed E-state index contributed by atoms with van der Waals surface area (Å²) in [5.41, 5.74) is 1.60. The number of unbranched alkanes of at least 4 members (excludes halogenated alkanes) is 1. The number of carbonyl (C=O) groups is 2. The first-order chi connectivity index (χ1) is 16.5. The van der Waals surface area contributed by atoms with Gasteiger partial charge in [-0.2, -0.15) is 4.98 Å². The number of aromatic nitrogens is 2. The van der Waals surface area contributed by atoms with Crippen molar-refractivity contribution < 1.29 is 19.4 Å². The molecule has 2 amide bonds. The van der Waals surface area contributed by atoms with Gasteiger partial charge in [0.1, 0.15) is 5.82 Å². The van der Waals surface area contributed by atoms with Crippen molar-refractivity contribution in [2.45, 2.75) is 64.1 Å². The lowest BCUT2D eigenvalue weighted by Gasteiger charge is -2.36. The van der Waals surface area contributed by atoms with Gasteiger partial charge >= 0.3 is 11.7 Å². The average Bonchev–Trinajstić information content (AvgIpc) is 3.48. The molecular weight excluding hydrogens is 436 g/mol. The van der Waals surface area contributed by atoms with Crippen molar-refractivity contribution in [1.82, 2.24) is 19.4 Å². The summed E-state index contributed by atoms with van der Waals surface area (Å²) in [7, 11) is 0. The monoisotopic (exact) mass is 466 g/mol. The van der Waals surface area contributed by atoms with E-state index in [-0.39, 0.29) is 17.6 Å². The van der Waals surface area contributed by atoms with Crippen molar-refractivity contribution >= 4 is 12.0 Å². The summed E-state index contributed by atoms with van der Waals surface area (Å²) in [6.07, 6.45) is 4.15. The SMILES string of the molecule is CCCCOC(=O)N1CCCC1c1nc(=O)c(O)c2n1CCN(C1Cc3ccccc3C1)C2=O. The number of likely N-dealkylation sites (tertiary alicyclic amines) is 1. The minimum absolute atomic E-state index is 0.0127. The lowest BCUT2D eigenvalue weighted by atomic mass is 10.1. The van der Waals surface area contributed by atoms with Crippen LogP contribution < -0.4 is 5.56 Å². The second-order valence-electron chi connectivity index (χ2n) is 9.27. The Morgan fingerprint density at radius 2 is 1.88 bits per heavy atom. The van der Waals surface area contributed by atoms with E-state index >= 15 is 0 Å². The van der Waals surface area contributed by atoms with Gasteiger partial charge in [0, 0.05) is 25.7 Å². The van der Waals surface area contributed by atoms with Crippen LogP contribution in [0.4, 0.5) is 4.79 Å². The molecule has 0 spiro atoms. The van der Waals surface area contributed by atoms with Crippen molar-refractivity contribution in [1.29, 1.82) is 0 Å². The number of benzene rings is 1. The van der Waals surface area contributed by atoms with Gasteiger partial charge in [0.15, 0.2) is 5.69 Å². The van der Waals surface area contributed by atoms with Crippen LogP contribution in [0.1, 0.15) is 66.1 Å². The summed E-state index contributed by atoms with van der Waals surface area (Å²) in [5, 5.41) is 10.6. The van der Waals surface area contributed by atoms with E-state index in [1.807, 2.05) is 19.1 Å². The quantitative estimate of drug-likeness (QED) is 0.680. The number of rotatable bonds is 5. The lowest BCUT2D eigenvalue weighted by Crippen LogP contribution is -2.49. The molecule has 180 valence electrons. The zero-order chi connectivity index (χ0) is 23.8. The Hall–Kier alpha value is -3.36. The number of hydrogen-bond acceptors (Lipinski definition) is 6. The fourth-order valence-electron chi connectivity index (χ4n) is 5.45. The molecule has 1 saturated heterocycles. The highest BCUT2D eigenvalue weighted by Crippen LogP contribution is 2.35. The number of hydrogen-bond donors (Lipinski definition) is 1. The van der Waals surface area contributed by atoms with Crippen LogP contribution in [0.25, 0.3) is 0 Å². The molecule has 3 aliphatic rings. The molecule has 0 radical (unpaired) electrons. The summed E-state index contributed by atoms with van der Waals surface area (Å²) >= 11 is 0. The minimum atomic E-state index is -0.836. The molecule has 1 aromatic heterocycles. The van der Waals surface area contributed by atoms with E-state index in [0.717, 1.165) is 32.1 Å². The molecule has 1 N–H and O–H groups in total. The standard InChI is InChI=1S/C25H30N4O5/c1-2-3-13-34-25(33)28-10-6-9-19(28)22-26-23(31)21(30)20-24(32)27(11-12-29(20)22)18-14-16-7-4-5-8-17(16)15-18/h4-5,7-8,18-19,30H,2-3,6,9-15H2,1H3. The fraction of sp³-hybridized carbons (Fsp3) is 0.520. The third-order valence-electron chi connectivity index (χ3n) is 7.20. The van der Waals surface area contributed by atoms with Crippen LogP contribution in [0.3, 0.4) is 0 Å². The largest absolute Gasteiger partial charge is 0.501 e. The van der Waals surface area contributed by atoms with Gasteiger partial charge < -0.3 is 19.3 Å². The summed E-state index contributed by atoms with van der Waals surface area (Å²) < 4.78 is 7.04. The summed E-state index contributed by atoms with van der Waals surface area (Å²) in [5.74, 6) is -0.633. The molecule has 3 heterocycles. The molecule has 1 fully saturated rings. The molecule has 2 aliphatic heterocycles. The maximum atomic E-state index is 13.6. The van der Waals surface area contributed by atoms with Crippen LogP contribution in [0, 0.1) is 0 Å². The van der Waals surface area contributed by atoms with Crippen molar-refractivity contribution in [3.63, 3.8) is 0 Å². The molecule has 9 heteroatoms. The van der Waals surface area contributed by atoms with E-state index < -0.39 is 23.4 Å². The maximum absolute atomic E-state index is 13.6. The van der Waals surface area contributed by atoms with E-state index in [1.54, 1.807) is 14.4 Å². The Labute approximate surface area is 198 Å². The number of ether oxygens (including phenoxy) is 1. The van der Waals surface area contributed by atoms with E-state index in [4.69, 9.17) is 4.74 Å². The van der Waals surface area contributed by atoms with E-state index in [1.165, 1.54) is 11.1 Å². The Bertz CT molecular complexity index is 1150. The molecule has 5 rings (SSSR count). The molecule has 1 aliphatic carbocycles. The molecule has 1 aromatic carbocycles. The van der Waals surface area contributed by atoms with E-state index in [9.17, 15) is 19.5 Å². The fourth-order valence-corrected chi connectivity index (χ4v) is 5.45. The highest BCUT2D eigenvalue weighted by atomic mass is 16.6. The van der Waals surface area contributed by atoms with Crippen LogP contribution in [0.5, 0.6) is 5.75 Å². The molecular formula is C25H30N4O5. The molecule has 9 nitrogen and oxygen atoms in total. The van der Waals surface area contributed by atoms with Crippen molar-refractivity contribution in [2.75, 3.05) is 19.7 Å². The highest BCUT2D eigenvalue weighted by molar-refractivity contribution is 5.96.